The molecule has 0 aromatic rings. The smallest absolute Gasteiger partial charge is 0.220 e. The van der Waals surface area contributed by atoms with Gasteiger partial charge in [0.25, 0.3) is 0 Å². The molecule has 0 heterocycles. The highest BCUT2D eigenvalue weighted by Gasteiger charge is 2.07. The van der Waals surface area contributed by atoms with Gasteiger partial charge in [-0.3, -0.25) is 4.79 Å². The summed E-state index contributed by atoms with van der Waals surface area (Å²) in [6.07, 6.45) is 13.4. The number of nitrogens with one attached hydrogen (secondary N) is 1. The van der Waals surface area contributed by atoms with Crippen molar-refractivity contribution in [1.29, 1.82) is 0 Å². The molecule has 0 aliphatic rings. The first-order valence-electron chi connectivity index (χ1n) is 8.09. The minimum absolute atomic E-state index is 0.217. The van der Waals surface area contributed by atoms with E-state index in [2.05, 4.69) is 35.1 Å². The third kappa shape index (κ3) is 12.7. The first-order chi connectivity index (χ1) is 9.24. The summed E-state index contributed by atoms with van der Waals surface area (Å²) in [5.74, 6) is 0.217. The Balaban J connectivity index is 3.27. The Morgan fingerprint density at radius 3 is 1.95 bits per heavy atom. The maximum Gasteiger partial charge on any atom is 0.220 e. The molecule has 1 N–H and O–H groups in total. The molecule has 1 amide bonds. The van der Waals surface area contributed by atoms with Crippen LogP contribution in [-0.4, -0.2) is 17.3 Å². The van der Waals surface area contributed by atoms with E-state index in [0.29, 0.717) is 12.5 Å². The van der Waals surface area contributed by atoms with Gasteiger partial charge in [0.1, 0.15) is 0 Å². The van der Waals surface area contributed by atoms with Crippen LogP contribution < -0.4 is 5.32 Å². The number of amides is 1. The molecule has 114 valence electrons. The summed E-state index contributed by atoms with van der Waals surface area (Å²) < 4.78 is 0. The summed E-state index contributed by atoms with van der Waals surface area (Å²) in [5, 5.41) is 3.91. The summed E-state index contributed by atoms with van der Waals surface area (Å²) in [5.41, 5.74) is 0. The van der Waals surface area contributed by atoms with Crippen molar-refractivity contribution in [3.63, 3.8) is 0 Å². The molecule has 19 heavy (non-hydrogen) atoms. The van der Waals surface area contributed by atoms with E-state index in [0.717, 1.165) is 18.2 Å². The topological polar surface area (TPSA) is 29.1 Å². The first-order valence-corrected chi connectivity index (χ1v) is 9.22. The van der Waals surface area contributed by atoms with Crippen LogP contribution in [0.2, 0.25) is 0 Å². The quantitative estimate of drug-likeness (QED) is 0.364. The second kappa shape index (κ2) is 14.4. The molecule has 0 aromatic carbocycles. The lowest BCUT2D eigenvalue weighted by molar-refractivity contribution is -0.121. The summed E-state index contributed by atoms with van der Waals surface area (Å²) in [6.45, 7) is 4.36. The lowest BCUT2D eigenvalue weighted by Crippen LogP contribution is -2.35. The van der Waals surface area contributed by atoms with Gasteiger partial charge >= 0.3 is 0 Å². The lowest BCUT2D eigenvalue weighted by Gasteiger charge is -2.13. The van der Waals surface area contributed by atoms with Crippen LogP contribution in [0.15, 0.2) is 0 Å². The van der Waals surface area contributed by atoms with E-state index in [9.17, 15) is 4.79 Å². The van der Waals surface area contributed by atoms with Gasteiger partial charge in [-0.15, -0.1) is 0 Å². The largest absolute Gasteiger partial charge is 0.353 e. The van der Waals surface area contributed by atoms with Crippen LogP contribution in [0.25, 0.3) is 0 Å². The average Bonchev–Trinajstić information content (AvgIpc) is 2.43. The Morgan fingerprint density at radius 2 is 1.47 bits per heavy atom. The number of hydrogen-bond donors (Lipinski definition) is 1. The molecular weight excluding hydrogens is 302 g/mol. The molecule has 0 saturated carbocycles. The predicted octanol–water partition coefficient (Wildman–Crippen LogP) is 5.20. The standard InChI is InChI=1S/C16H32BrNO/c1-3-5-6-7-8-9-10-11-12-13-16(19)18-15(4-2)14-17/h15H,3-14H2,1-2H3,(H,18,19). The van der Waals surface area contributed by atoms with E-state index < -0.39 is 0 Å². The summed E-state index contributed by atoms with van der Waals surface area (Å²) in [6, 6.07) is 0.297. The zero-order valence-corrected chi connectivity index (χ0v) is 14.4. The van der Waals surface area contributed by atoms with Gasteiger partial charge < -0.3 is 5.32 Å². The molecule has 0 rings (SSSR count). The molecule has 3 heteroatoms. The zero-order valence-electron chi connectivity index (χ0n) is 12.8. The van der Waals surface area contributed by atoms with Crippen LogP contribution in [0.5, 0.6) is 0 Å². The summed E-state index contributed by atoms with van der Waals surface area (Å²) in [7, 11) is 0. The van der Waals surface area contributed by atoms with Gasteiger partial charge in [-0.1, -0.05) is 81.1 Å². The van der Waals surface area contributed by atoms with Gasteiger partial charge in [-0.05, 0) is 12.8 Å². The molecule has 0 fully saturated rings. The van der Waals surface area contributed by atoms with E-state index in [1.807, 2.05) is 0 Å². The Labute approximate surface area is 128 Å². The van der Waals surface area contributed by atoms with Gasteiger partial charge in [0, 0.05) is 17.8 Å². The SMILES string of the molecule is CCCCCCCCCCCC(=O)NC(CC)CBr. The van der Waals surface area contributed by atoms with Crippen molar-refractivity contribution >= 4 is 21.8 Å². The van der Waals surface area contributed by atoms with E-state index >= 15 is 0 Å². The van der Waals surface area contributed by atoms with Gasteiger partial charge in [0.15, 0.2) is 0 Å². The monoisotopic (exact) mass is 333 g/mol. The molecule has 2 nitrogen and oxygen atoms in total. The molecule has 1 unspecified atom stereocenters. The first kappa shape index (κ1) is 18.9. The number of halogens is 1. The Morgan fingerprint density at radius 1 is 0.947 bits per heavy atom. The fourth-order valence-corrected chi connectivity index (χ4v) is 2.77. The highest BCUT2D eigenvalue weighted by molar-refractivity contribution is 9.09. The van der Waals surface area contributed by atoms with Crippen molar-refractivity contribution in [2.24, 2.45) is 0 Å². The summed E-state index contributed by atoms with van der Waals surface area (Å²) >= 11 is 3.42. The van der Waals surface area contributed by atoms with Gasteiger partial charge in [-0.2, -0.15) is 0 Å². The zero-order chi connectivity index (χ0) is 14.3. The third-order valence-electron chi connectivity index (χ3n) is 3.55. The summed E-state index contributed by atoms with van der Waals surface area (Å²) in [4.78, 5) is 11.6. The van der Waals surface area contributed by atoms with Gasteiger partial charge in [0.2, 0.25) is 5.91 Å². The van der Waals surface area contributed by atoms with Crippen LogP contribution >= 0.6 is 15.9 Å². The van der Waals surface area contributed by atoms with Crippen LogP contribution in [0, 0.1) is 0 Å². The van der Waals surface area contributed by atoms with Crippen LogP contribution in [0.4, 0.5) is 0 Å². The van der Waals surface area contributed by atoms with Crippen LogP contribution in [0.3, 0.4) is 0 Å². The average molecular weight is 334 g/mol. The maximum absolute atomic E-state index is 11.6. The van der Waals surface area contributed by atoms with E-state index in [4.69, 9.17) is 0 Å². The molecule has 0 radical (unpaired) electrons. The van der Waals surface area contributed by atoms with E-state index in [1.54, 1.807) is 0 Å². The Hall–Kier alpha value is -0.0500. The molecular formula is C16H32BrNO. The number of hydrogen-bond acceptors (Lipinski definition) is 1. The van der Waals surface area contributed by atoms with Crippen molar-refractivity contribution in [3.8, 4) is 0 Å². The van der Waals surface area contributed by atoms with Crippen molar-refractivity contribution in [2.45, 2.75) is 90.5 Å². The molecule has 0 bridgehead atoms. The minimum Gasteiger partial charge on any atom is -0.353 e. The Kier molecular flexibility index (Phi) is 14.3. The molecule has 0 aromatic heterocycles. The second-order valence-electron chi connectivity index (χ2n) is 5.41. The van der Waals surface area contributed by atoms with E-state index in [-0.39, 0.29) is 5.91 Å². The maximum atomic E-state index is 11.6. The number of carbonyl (C=O) groups excluding carboxylic acids is 1. The van der Waals surface area contributed by atoms with Gasteiger partial charge in [-0.25, -0.2) is 0 Å². The predicted molar refractivity (Wildman–Crippen MR) is 87.9 cm³/mol. The highest BCUT2D eigenvalue weighted by Crippen LogP contribution is 2.10. The van der Waals surface area contributed by atoms with Crippen LogP contribution in [0.1, 0.15) is 84.5 Å². The molecule has 0 aliphatic carbocycles. The minimum atomic E-state index is 0.217. The number of rotatable bonds is 13. The highest BCUT2D eigenvalue weighted by atomic mass is 79.9. The van der Waals surface area contributed by atoms with Crippen molar-refractivity contribution in [1.82, 2.24) is 5.32 Å². The molecule has 0 aliphatic heterocycles. The van der Waals surface area contributed by atoms with Crippen LogP contribution in [-0.2, 0) is 4.79 Å². The second-order valence-corrected chi connectivity index (χ2v) is 6.05. The van der Waals surface area contributed by atoms with Crippen molar-refractivity contribution in [3.05, 3.63) is 0 Å². The fourth-order valence-electron chi connectivity index (χ4n) is 2.15. The molecule has 1 atom stereocenters. The number of carbonyl (C=O) groups is 1. The van der Waals surface area contributed by atoms with Gasteiger partial charge in [0.05, 0.1) is 0 Å². The molecule has 0 spiro atoms. The van der Waals surface area contributed by atoms with Crippen molar-refractivity contribution in [2.75, 3.05) is 5.33 Å². The fraction of sp³-hybridized carbons (Fsp3) is 0.938. The van der Waals surface area contributed by atoms with Crippen molar-refractivity contribution < 1.29 is 4.79 Å². The normalized spacial score (nSPS) is 12.4. The lowest BCUT2D eigenvalue weighted by atomic mass is 10.1. The third-order valence-corrected chi connectivity index (χ3v) is 4.33. The van der Waals surface area contributed by atoms with E-state index in [1.165, 1.54) is 51.4 Å². The number of alkyl halides is 1. The molecule has 0 saturated heterocycles. The number of unbranched alkanes of at least 4 members (excludes halogenated alkanes) is 8. The Bertz CT molecular complexity index is 205.